The molecular weight excluding hydrogens is 432 g/mol. The summed E-state index contributed by atoms with van der Waals surface area (Å²) in [6.07, 6.45) is 3.69. The molecule has 4 amide bonds. The van der Waals surface area contributed by atoms with Crippen molar-refractivity contribution in [3.05, 3.63) is 24.3 Å². The minimum atomic E-state index is -4.00. The summed E-state index contributed by atoms with van der Waals surface area (Å²) in [5.74, 6) is -0.518. The Bertz CT molecular complexity index is 853. The maximum atomic E-state index is 12.5. The molecule has 1 aromatic rings. The van der Waals surface area contributed by atoms with Crippen molar-refractivity contribution in [2.45, 2.75) is 52.4 Å². The number of carbonyl (C=O) groups is 2. The molecule has 0 aromatic heterocycles. The van der Waals surface area contributed by atoms with Gasteiger partial charge in [0.05, 0.1) is 22.9 Å². The van der Waals surface area contributed by atoms with Crippen molar-refractivity contribution in [1.82, 2.24) is 0 Å². The number of nitrogens with zero attached hydrogens (tertiary/aromatic N) is 2. The summed E-state index contributed by atoms with van der Waals surface area (Å²) < 4.78 is 51.0. The van der Waals surface area contributed by atoms with Crippen molar-refractivity contribution in [2.24, 2.45) is 11.5 Å². The van der Waals surface area contributed by atoms with Crippen LogP contribution in [0.2, 0.25) is 0 Å². The SMILES string of the molecule is CCCCCS(=O)(=O)N(C(N)=O)c1ccc(N(C(N)=O)S(=O)(=O)CCCCC)cc1. The van der Waals surface area contributed by atoms with Gasteiger partial charge in [0.1, 0.15) is 0 Å². The molecule has 0 radical (unpaired) electrons. The molecule has 0 spiro atoms. The number of carbonyl (C=O) groups excluding carboxylic acids is 2. The van der Waals surface area contributed by atoms with E-state index in [0.717, 1.165) is 12.8 Å². The van der Waals surface area contributed by atoms with E-state index in [0.29, 0.717) is 34.3 Å². The van der Waals surface area contributed by atoms with Crippen LogP contribution in [0.1, 0.15) is 52.4 Å². The number of primary amides is 2. The molecule has 0 saturated carbocycles. The van der Waals surface area contributed by atoms with Gasteiger partial charge in [0.25, 0.3) is 0 Å². The molecular formula is C18H30N4O6S2. The van der Waals surface area contributed by atoms with Crippen LogP contribution in [0.3, 0.4) is 0 Å². The summed E-state index contributed by atoms with van der Waals surface area (Å²) in [7, 11) is -8.01. The molecule has 0 heterocycles. The smallest absolute Gasteiger partial charge is 0.333 e. The van der Waals surface area contributed by atoms with Crippen LogP contribution >= 0.6 is 0 Å². The summed E-state index contributed by atoms with van der Waals surface area (Å²) in [6.45, 7) is 3.83. The van der Waals surface area contributed by atoms with Crippen molar-refractivity contribution in [3.63, 3.8) is 0 Å². The number of nitrogens with two attached hydrogens (primary N) is 2. The standard InChI is InChI=1S/C18H30N4O6S2/c1-3-5-7-13-29(25,26)21(17(19)23)15-9-11-16(12-10-15)22(18(20)24)30(27,28)14-8-6-4-2/h9-12H,3-8,13-14H2,1-2H3,(H2,19,23)(H2,20,24). The van der Waals surface area contributed by atoms with Gasteiger partial charge >= 0.3 is 12.1 Å². The zero-order valence-electron chi connectivity index (χ0n) is 17.3. The van der Waals surface area contributed by atoms with Gasteiger partial charge < -0.3 is 11.5 Å². The van der Waals surface area contributed by atoms with E-state index in [9.17, 15) is 26.4 Å². The van der Waals surface area contributed by atoms with Crippen LogP contribution in [0, 0.1) is 0 Å². The highest BCUT2D eigenvalue weighted by Crippen LogP contribution is 2.25. The molecule has 170 valence electrons. The highest BCUT2D eigenvalue weighted by atomic mass is 32.2. The number of urea groups is 2. The lowest BCUT2D eigenvalue weighted by molar-refractivity contribution is 0.256. The van der Waals surface area contributed by atoms with Crippen LogP contribution in [-0.4, -0.2) is 40.4 Å². The highest BCUT2D eigenvalue weighted by molar-refractivity contribution is 7.93. The Morgan fingerprint density at radius 2 is 1.00 bits per heavy atom. The number of rotatable bonds is 12. The monoisotopic (exact) mass is 462 g/mol. The highest BCUT2D eigenvalue weighted by Gasteiger charge is 2.29. The number of sulfonamides is 2. The van der Waals surface area contributed by atoms with Crippen molar-refractivity contribution < 1.29 is 26.4 Å². The molecule has 0 bridgehead atoms. The van der Waals surface area contributed by atoms with Gasteiger partial charge in [-0.25, -0.2) is 26.4 Å². The number of hydrogen-bond donors (Lipinski definition) is 2. The first-order valence-electron chi connectivity index (χ1n) is 9.72. The minimum absolute atomic E-state index is 0.0597. The normalized spacial score (nSPS) is 11.8. The Morgan fingerprint density at radius 1 is 0.700 bits per heavy atom. The fourth-order valence-electron chi connectivity index (χ4n) is 2.82. The van der Waals surface area contributed by atoms with E-state index in [4.69, 9.17) is 11.5 Å². The first-order valence-corrected chi connectivity index (χ1v) is 12.9. The Morgan fingerprint density at radius 3 is 1.23 bits per heavy atom. The predicted octanol–water partition coefficient (Wildman–Crippen LogP) is 2.50. The van der Waals surface area contributed by atoms with Gasteiger partial charge in [-0.3, -0.25) is 0 Å². The molecule has 12 heteroatoms. The van der Waals surface area contributed by atoms with Crippen LogP contribution in [0.4, 0.5) is 21.0 Å². The van der Waals surface area contributed by atoms with E-state index in [-0.39, 0.29) is 22.9 Å². The molecule has 0 atom stereocenters. The Hall–Kier alpha value is -2.34. The van der Waals surface area contributed by atoms with Crippen LogP contribution < -0.4 is 20.1 Å². The van der Waals surface area contributed by atoms with Crippen molar-refractivity contribution in [3.8, 4) is 0 Å². The zero-order valence-corrected chi connectivity index (χ0v) is 18.9. The van der Waals surface area contributed by atoms with Crippen LogP contribution in [0.25, 0.3) is 0 Å². The first kappa shape index (κ1) is 25.7. The molecule has 0 saturated heterocycles. The van der Waals surface area contributed by atoms with Gasteiger partial charge in [0.15, 0.2) is 0 Å². The topological polar surface area (TPSA) is 161 Å². The number of anilines is 2. The quantitative estimate of drug-likeness (QED) is 0.454. The van der Waals surface area contributed by atoms with Gasteiger partial charge in [-0.05, 0) is 37.1 Å². The number of unbranched alkanes of at least 4 members (excludes halogenated alkanes) is 4. The van der Waals surface area contributed by atoms with E-state index < -0.39 is 32.1 Å². The average Bonchev–Trinajstić information content (AvgIpc) is 2.62. The molecule has 0 fully saturated rings. The molecule has 0 unspecified atom stereocenters. The van der Waals surface area contributed by atoms with E-state index in [1.54, 1.807) is 0 Å². The molecule has 0 aliphatic carbocycles. The third kappa shape index (κ3) is 6.87. The van der Waals surface area contributed by atoms with Crippen LogP contribution in [0.15, 0.2) is 24.3 Å². The van der Waals surface area contributed by atoms with Crippen LogP contribution in [0.5, 0.6) is 0 Å². The average molecular weight is 463 g/mol. The number of hydrogen-bond acceptors (Lipinski definition) is 6. The lowest BCUT2D eigenvalue weighted by atomic mass is 10.3. The molecule has 4 N–H and O–H groups in total. The molecule has 10 nitrogen and oxygen atoms in total. The largest absolute Gasteiger partial charge is 0.350 e. The molecule has 1 rings (SSSR count). The number of amides is 4. The van der Waals surface area contributed by atoms with Gasteiger partial charge in [-0.1, -0.05) is 39.5 Å². The lowest BCUT2D eigenvalue weighted by Gasteiger charge is -2.23. The lowest BCUT2D eigenvalue weighted by Crippen LogP contribution is -2.43. The predicted molar refractivity (Wildman–Crippen MR) is 117 cm³/mol. The summed E-state index contributed by atoms with van der Waals surface area (Å²) in [5, 5.41) is 0. The third-order valence-electron chi connectivity index (χ3n) is 4.29. The van der Waals surface area contributed by atoms with Crippen molar-refractivity contribution in [1.29, 1.82) is 0 Å². The van der Waals surface area contributed by atoms with Gasteiger partial charge in [0.2, 0.25) is 20.0 Å². The van der Waals surface area contributed by atoms with E-state index in [1.165, 1.54) is 24.3 Å². The van der Waals surface area contributed by atoms with Gasteiger partial charge in [-0.2, -0.15) is 8.61 Å². The third-order valence-corrected chi connectivity index (χ3v) is 7.79. The van der Waals surface area contributed by atoms with E-state index in [2.05, 4.69) is 0 Å². The van der Waals surface area contributed by atoms with Gasteiger partial charge in [-0.15, -0.1) is 0 Å². The minimum Gasteiger partial charge on any atom is -0.350 e. The first-order chi connectivity index (χ1) is 14.0. The second-order valence-corrected chi connectivity index (χ2v) is 10.6. The Balaban J connectivity index is 3.21. The number of benzene rings is 1. The van der Waals surface area contributed by atoms with Crippen molar-refractivity contribution in [2.75, 3.05) is 20.1 Å². The molecule has 1 aromatic carbocycles. The zero-order chi connectivity index (χ0) is 22.9. The fourth-order valence-corrected chi connectivity index (χ4v) is 5.76. The summed E-state index contributed by atoms with van der Waals surface area (Å²) in [5.41, 5.74) is 10.4. The fraction of sp³-hybridized carbons (Fsp3) is 0.556. The maximum Gasteiger partial charge on any atom is 0.333 e. The summed E-state index contributed by atoms with van der Waals surface area (Å²) >= 11 is 0. The summed E-state index contributed by atoms with van der Waals surface area (Å²) in [6, 6.07) is 2.45. The molecule has 0 aliphatic rings. The maximum absolute atomic E-state index is 12.5. The van der Waals surface area contributed by atoms with Gasteiger partial charge in [0, 0.05) is 0 Å². The Labute approximate surface area is 178 Å². The second-order valence-electron chi connectivity index (χ2n) is 6.77. The Kier molecular flexibility index (Phi) is 9.56. The van der Waals surface area contributed by atoms with Crippen molar-refractivity contribution >= 4 is 43.5 Å². The van der Waals surface area contributed by atoms with Crippen LogP contribution in [-0.2, 0) is 20.0 Å². The molecule has 0 aliphatic heterocycles. The molecule has 30 heavy (non-hydrogen) atoms. The summed E-state index contributed by atoms with van der Waals surface area (Å²) in [4.78, 5) is 23.6. The van der Waals surface area contributed by atoms with E-state index in [1.807, 2.05) is 13.8 Å². The van der Waals surface area contributed by atoms with E-state index >= 15 is 0 Å². The second kappa shape index (κ2) is 11.2.